The summed E-state index contributed by atoms with van der Waals surface area (Å²) in [5.41, 5.74) is 1.80. The molecule has 0 fully saturated rings. The average Bonchev–Trinajstić information content (AvgIpc) is 2.74. The first-order chi connectivity index (χ1) is 9.22. The normalized spacial score (nSPS) is 11.2. The van der Waals surface area contributed by atoms with Crippen molar-refractivity contribution in [3.63, 3.8) is 0 Å². The second-order valence-electron chi connectivity index (χ2n) is 4.18. The molecule has 0 amide bonds. The Hall–Kier alpha value is -2.47. The van der Waals surface area contributed by atoms with Gasteiger partial charge in [-0.25, -0.2) is 0 Å². The molecule has 2 aromatic heterocycles. The number of ether oxygens (including phenoxy) is 1. The van der Waals surface area contributed by atoms with E-state index in [0.29, 0.717) is 6.73 Å². The van der Waals surface area contributed by atoms with Crippen LogP contribution in [0, 0.1) is 10.1 Å². The molecule has 0 saturated carbocycles. The van der Waals surface area contributed by atoms with Crippen molar-refractivity contribution in [2.24, 2.45) is 0 Å². The minimum Gasteiger partial charge on any atom is -0.364 e. The van der Waals surface area contributed by atoms with Crippen LogP contribution in [0.4, 0.5) is 5.82 Å². The van der Waals surface area contributed by atoms with E-state index in [9.17, 15) is 10.1 Å². The zero-order valence-corrected chi connectivity index (χ0v) is 10.2. The van der Waals surface area contributed by atoms with Crippen LogP contribution in [-0.2, 0) is 11.5 Å². The quantitative estimate of drug-likeness (QED) is 0.534. The number of hydrogen-bond donors (Lipinski definition) is 0. The minimum absolute atomic E-state index is 0.146. The van der Waals surface area contributed by atoms with Gasteiger partial charge in [-0.1, -0.05) is 18.2 Å². The molecule has 19 heavy (non-hydrogen) atoms. The summed E-state index contributed by atoms with van der Waals surface area (Å²) >= 11 is 0. The Morgan fingerprint density at radius 2 is 2.11 bits per heavy atom. The number of aromatic nitrogens is 2. The molecule has 0 N–H and O–H groups in total. The lowest BCUT2D eigenvalue weighted by atomic mass is 10.2. The third-order valence-electron chi connectivity index (χ3n) is 3.09. The second kappa shape index (κ2) is 4.33. The molecule has 1 aromatic carbocycles. The fourth-order valence-corrected chi connectivity index (χ4v) is 2.30. The van der Waals surface area contributed by atoms with Crippen LogP contribution in [0.1, 0.15) is 0 Å². The lowest BCUT2D eigenvalue weighted by Crippen LogP contribution is -1.99. The van der Waals surface area contributed by atoms with Crippen LogP contribution in [-0.4, -0.2) is 21.6 Å². The highest BCUT2D eigenvalue weighted by Crippen LogP contribution is 2.30. The zero-order valence-electron chi connectivity index (χ0n) is 10.2. The first-order valence-corrected chi connectivity index (χ1v) is 5.72. The topological polar surface area (TPSA) is 70.2 Å². The van der Waals surface area contributed by atoms with Gasteiger partial charge in [0, 0.05) is 23.9 Å². The van der Waals surface area contributed by atoms with E-state index in [2.05, 4.69) is 4.98 Å². The number of pyridine rings is 1. The molecule has 6 heteroatoms. The Bertz CT molecular complexity index is 779. The summed E-state index contributed by atoms with van der Waals surface area (Å²) in [6.45, 7) is 0.378. The number of methoxy groups -OCH3 is 1. The molecule has 0 radical (unpaired) electrons. The number of rotatable bonds is 3. The van der Waals surface area contributed by atoms with Gasteiger partial charge in [-0.05, 0) is 16.0 Å². The van der Waals surface area contributed by atoms with E-state index in [1.54, 1.807) is 7.11 Å². The van der Waals surface area contributed by atoms with E-state index in [4.69, 9.17) is 4.74 Å². The fourth-order valence-electron chi connectivity index (χ4n) is 2.30. The molecule has 3 rings (SSSR count). The van der Waals surface area contributed by atoms with Crippen molar-refractivity contribution in [1.82, 2.24) is 9.55 Å². The van der Waals surface area contributed by atoms with Crippen LogP contribution in [0.5, 0.6) is 0 Å². The van der Waals surface area contributed by atoms with Crippen molar-refractivity contribution in [3.05, 3.63) is 46.6 Å². The first kappa shape index (κ1) is 11.6. The summed E-state index contributed by atoms with van der Waals surface area (Å²) in [5.74, 6) is -0.146. The van der Waals surface area contributed by atoms with E-state index in [-0.39, 0.29) is 5.82 Å². The number of nitro groups is 1. The van der Waals surface area contributed by atoms with Gasteiger partial charge in [-0.2, -0.15) is 0 Å². The van der Waals surface area contributed by atoms with Crippen molar-refractivity contribution >= 4 is 27.6 Å². The summed E-state index contributed by atoms with van der Waals surface area (Å²) in [6.07, 6.45) is 1.52. The van der Waals surface area contributed by atoms with E-state index in [0.717, 1.165) is 21.8 Å². The third-order valence-corrected chi connectivity index (χ3v) is 3.09. The molecular weight excluding hydrogens is 246 g/mol. The van der Waals surface area contributed by atoms with Crippen molar-refractivity contribution in [3.8, 4) is 0 Å². The van der Waals surface area contributed by atoms with Crippen molar-refractivity contribution in [1.29, 1.82) is 0 Å². The Balaban J connectivity index is 2.41. The summed E-state index contributed by atoms with van der Waals surface area (Å²) in [7, 11) is 1.61. The molecule has 2 heterocycles. The van der Waals surface area contributed by atoms with Crippen LogP contribution in [0.15, 0.2) is 36.5 Å². The second-order valence-corrected chi connectivity index (χ2v) is 4.18. The van der Waals surface area contributed by atoms with Crippen LogP contribution in [0.2, 0.25) is 0 Å². The number of benzene rings is 1. The average molecular weight is 257 g/mol. The molecule has 96 valence electrons. The summed E-state index contributed by atoms with van der Waals surface area (Å²) < 4.78 is 7.13. The Labute approximate surface area is 108 Å². The molecular formula is C13H11N3O3. The fraction of sp³-hybridized carbons (Fsp3) is 0.154. The molecule has 0 bridgehead atoms. The predicted octanol–water partition coefficient (Wildman–Crippen LogP) is 2.70. The maximum Gasteiger partial charge on any atom is 0.364 e. The Morgan fingerprint density at radius 1 is 1.32 bits per heavy atom. The van der Waals surface area contributed by atoms with E-state index in [1.807, 2.05) is 28.8 Å². The van der Waals surface area contributed by atoms with Gasteiger partial charge in [0.25, 0.3) is 0 Å². The molecule has 0 aliphatic carbocycles. The van der Waals surface area contributed by atoms with Gasteiger partial charge in [0.05, 0.1) is 11.0 Å². The molecule has 0 spiro atoms. The largest absolute Gasteiger partial charge is 0.364 e. The van der Waals surface area contributed by atoms with Gasteiger partial charge in [0.1, 0.15) is 6.73 Å². The van der Waals surface area contributed by atoms with Crippen molar-refractivity contribution < 1.29 is 9.66 Å². The lowest BCUT2D eigenvalue weighted by molar-refractivity contribution is -0.389. The zero-order chi connectivity index (χ0) is 13.4. The molecule has 3 aromatic rings. The number of nitrogens with zero attached hydrogens (tertiary/aromatic N) is 3. The third kappa shape index (κ3) is 1.73. The number of hydrogen-bond acceptors (Lipinski definition) is 4. The maximum atomic E-state index is 10.8. The van der Waals surface area contributed by atoms with Crippen molar-refractivity contribution in [2.75, 3.05) is 7.11 Å². The summed E-state index contributed by atoms with van der Waals surface area (Å²) in [4.78, 5) is 14.2. The standard InChI is InChI=1S/C13H11N3O3/c1-19-8-15-11-5-3-2-4-9(11)10-6-13(16(17)18)14-7-12(10)15/h2-7H,8H2,1H3. The van der Waals surface area contributed by atoms with Gasteiger partial charge in [0.2, 0.25) is 0 Å². The maximum absolute atomic E-state index is 10.8. The predicted molar refractivity (Wildman–Crippen MR) is 70.9 cm³/mol. The summed E-state index contributed by atoms with van der Waals surface area (Å²) in [5, 5.41) is 12.6. The summed E-state index contributed by atoms with van der Waals surface area (Å²) in [6, 6.07) is 9.23. The van der Waals surface area contributed by atoms with Gasteiger partial charge >= 0.3 is 5.82 Å². The van der Waals surface area contributed by atoms with Crippen LogP contribution in [0.25, 0.3) is 21.8 Å². The van der Waals surface area contributed by atoms with Gasteiger partial charge in [-0.15, -0.1) is 0 Å². The molecule has 0 aliphatic rings. The minimum atomic E-state index is -0.484. The highest BCUT2D eigenvalue weighted by Gasteiger charge is 2.15. The van der Waals surface area contributed by atoms with Crippen LogP contribution < -0.4 is 0 Å². The Morgan fingerprint density at radius 3 is 2.84 bits per heavy atom. The smallest absolute Gasteiger partial charge is 0.364 e. The first-order valence-electron chi connectivity index (χ1n) is 5.72. The number of para-hydroxylation sites is 1. The molecule has 6 nitrogen and oxygen atoms in total. The van der Waals surface area contributed by atoms with Crippen molar-refractivity contribution in [2.45, 2.75) is 6.73 Å². The van der Waals surface area contributed by atoms with Gasteiger partial charge < -0.3 is 19.4 Å². The van der Waals surface area contributed by atoms with Gasteiger partial charge in [0.15, 0.2) is 6.20 Å². The highest BCUT2D eigenvalue weighted by atomic mass is 16.6. The van der Waals surface area contributed by atoms with Crippen LogP contribution in [0.3, 0.4) is 0 Å². The molecule has 0 atom stereocenters. The van der Waals surface area contributed by atoms with Crippen LogP contribution >= 0.6 is 0 Å². The number of fused-ring (bicyclic) bond motifs is 3. The van der Waals surface area contributed by atoms with E-state index >= 15 is 0 Å². The highest BCUT2D eigenvalue weighted by molar-refractivity contribution is 6.08. The van der Waals surface area contributed by atoms with E-state index in [1.165, 1.54) is 12.3 Å². The monoisotopic (exact) mass is 257 g/mol. The molecule has 0 saturated heterocycles. The van der Waals surface area contributed by atoms with E-state index < -0.39 is 4.92 Å². The van der Waals surface area contributed by atoms with Gasteiger partial charge in [-0.3, -0.25) is 0 Å². The Kier molecular flexibility index (Phi) is 2.64. The SMILES string of the molecule is COCn1c2ccccc2c2cc([N+](=O)[O-])ncc21. The molecule has 0 unspecified atom stereocenters. The molecule has 0 aliphatic heterocycles. The lowest BCUT2D eigenvalue weighted by Gasteiger charge is -2.03.